The number of fused-ring (bicyclic) bond motifs is 2. The third-order valence-corrected chi connectivity index (χ3v) is 11.9. The van der Waals surface area contributed by atoms with E-state index >= 15 is 0 Å². The number of benzene rings is 2. The van der Waals surface area contributed by atoms with E-state index in [0.29, 0.717) is 12.4 Å². The minimum absolute atomic E-state index is 0.0185. The fourth-order valence-corrected chi connectivity index (χ4v) is 8.13. The molecule has 3 aliphatic heterocycles. The standard InChI is InChI=1S/C29H36Br2N2O8S/c1-17(2)14-33(42(36,37)19-8-9-24-21(13-19)26(30)27(31)40-24)15-23(34)22(12-18-6-4-3-5-7-18)32-29(35)41-25-16-39-28-20(25)10-11-38-28/h3-9,13,17,20,22-23,25-28,34H,10-12,14-16H2,1-2H3,(H,32,35)/t20-,22-,23+,25?,26?,27?,28+/m0/s1. The van der Waals surface area contributed by atoms with Gasteiger partial charge in [-0.2, -0.15) is 4.31 Å². The minimum Gasteiger partial charge on any atom is -0.477 e. The second-order valence-electron chi connectivity index (χ2n) is 11.3. The van der Waals surface area contributed by atoms with Crippen LogP contribution < -0.4 is 10.1 Å². The molecule has 230 valence electrons. The largest absolute Gasteiger partial charge is 0.477 e. The van der Waals surface area contributed by atoms with Gasteiger partial charge in [-0.3, -0.25) is 0 Å². The third-order valence-electron chi connectivity index (χ3n) is 7.66. The van der Waals surface area contributed by atoms with Crippen LogP contribution in [-0.4, -0.2) is 79.8 Å². The Bertz CT molecular complexity index is 1350. The number of aliphatic hydroxyl groups excluding tert-OH is 1. The summed E-state index contributed by atoms with van der Waals surface area (Å²) in [6.07, 6.45) is -1.73. The quantitative estimate of drug-likeness (QED) is 0.328. The molecule has 0 aliphatic carbocycles. The van der Waals surface area contributed by atoms with Crippen LogP contribution in [0, 0.1) is 11.8 Å². The van der Waals surface area contributed by atoms with Gasteiger partial charge in [0, 0.05) is 18.7 Å². The van der Waals surface area contributed by atoms with Gasteiger partial charge in [0.05, 0.1) is 41.0 Å². The molecular weight excluding hydrogens is 696 g/mol. The number of alkyl halides is 2. The number of aliphatic hydroxyl groups is 1. The SMILES string of the molecule is CC(C)CN(C[C@@H](O)[C@H](Cc1ccccc1)NC(=O)OC1CO[C@H]2OCC[C@@H]12)S(=O)(=O)c1ccc2c(c1)C(Br)C(Br)O2. The zero-order chi connectivity index (χ0) is 30.0. The van der Waals surface area contributed by atoms with E-state index < -0.39 is 34.4 Å². The van der Waals surface area contributed by atoms with E-state index in [1.165, 1.54) is 10.4 Å². The highest BCUT2D eigenvalue weighted by atomic mass is 79.9. The van der Waals surface area contributed by atoms with Gasteiger partial charge >= 0.3 is 6.09 Å². The second kappa shape index (κ2) is 13.5. The molecule has 10 nitrogen and oxygen atoms in total. The Morgan fingerprint density at radius 3 is 2.64 bits per heavy atom. The van der Waals surface area contributed by atoms with Gasteiger partial charge in [-0.05, 0) is 58.5 Å². The van der Waals surface area contributed by atoms with E-state index in [-0.39, 0.29) is 59.0 Å². The van der Waals surface area contributed by atoms with Crippen LogP contribution in [0.4, 0.5) is 4.79 Å². The maximum Gasteiger partial charge on any atom is 0.407 e. The summed E-state index contributed by atoms with van der Waals surface area (Å²) < 4.78 is 51.7. The van der Waals surface area contributed by atoms with Gasteiger partial charge in [-0.1, -0.05) is 60.1 Å². The number of alkyl carbamates (subject to hydrolysis) is 1. The molecule has 42 heavy (non-hydrogen) atoms. The number of nitrogens with one attached hydrogen (secondary N) is 1. The molecule has 2 N–H and O–H groups in total. The highest BCUT2D eigenvalue weighted by Crippen LogP contribution is 2.45. The average molecular weight is 732 g/mol. The Labute approximate surface area is 263 Å². The summed E-state index contributed by atoms with van der Waals surface area (Å²) in [7, 11) is -4.01. The smallest absolute Gasteiger partial charge is 0.407 e. The summed E-state index contributed by atoms with van der Waals surface area (Å²) in [6.45, 7) is 4.57. The molecule has 7 atom stereocenters. The summed E-state index contributed by atoms with van der Waals surface area (Å²) in [5, 5.41) is 14.0. The molecule has 2 saturated heterocycles. The fourth-order valence-electron chi connectivity index (χ4n) is 5.52. The van der Waals surface area contributed by atoms with Crippen LogP contribution in [0.1, 0.15) is 36.2 Å². The molecule has 13 heteroatoms. The van der Waals surface area contributed by atoms with Crippen LogP contribution in [-0.2, 0) is 30.7 Å². The van der Waals surface area contributed by atoms with Crippen molar-refractivity contribution in [3.05, 3.63) is 59.7 Å². The van der Waals surface area contributed by atoms with Gasteiger partial charge < -0.3 is 29.4 Å². The van der Waals surface area contributed by atoms with Crippen LogP contribution in [0.2, 0.25) is 0 Å². The monoisotopic (exact) mass is 730 g/mol. The van der Waals surface area contributed by atoms with Crippen LogP contribution in [0.15, 0.2) is 53.4 Å². The zero-order valence-corrected chi connectivity index (χ0v) is 27.4. The van der Waals surface area contributed by atoms with Gasteiger partial charge in [0.15, 0.2) is 11.3 Å². The molecule has 3 unspecified atom stereocenters. The van der Waals surface area contributed by atoms with Crippen molar-refractivity contribution in [2.75, 3.05) is 26.3 Å². The fraction of sp³-hybridized carbons (Fsp3) is 0.552. The van der Waals surface area contributed by atoms with Crippen LogP contribution in [0.5, 0.6) is 5.75 Å². The van der Waals surface area contributed by atoms with E-state index in [1.54, 1.807) is 12.1 Å². The number of carbonyl (C=O) groups is 1. The van der Waals surface area contributed by atoms with Crippen molar-refractivity contribution >= 4 is 48.0 Å². The molecule has 0 aromatic heterocycles. The Morgan fingerprint density at radius 2 is 1.90 bits per heavy atom. The Morgan fingerprint density at radius 1 is 1.14 bits per heavy atom. The predicted octanol–water partition coefficient (Wildman–Crippen LogP) is 4.34. The molecule has 1 amide bonds. The molecule has 2 aromatic carbocycles. The molecule has 0 radical (unpaired) electrons. The number of amides is 1. The van der Waals surface area contributed by atoms with Crippen LogP contribution in [0.25, 0.3) is 0 Å². The predicted molar refractivity (Wildman–Crippen MR) is 162 cm³/mol. The number of carbonyl (C=O) groups excluding carboxylic acids is 1. The molecule has 3 heterocycles. The van der Waals surface area contributed by atoms with E-state index in [1.807, 2.05) is 44.2 Å². The van der Waals surface area contributed by atoms with Crippen molar-refractivity contribution in [3.8, 4) is 5.75 Å². The van der Waals surface area contributed by atoms with Crippen molar-refractivity contribution in [2.24, 2.45) is 11.8 Å². The number of ether oxygens (including phenoxy) is 4. The highest BCUT2D eigenvalue weighted by molar-refractivity contribution is 9.12. The lowest BCUT2D eigenvalue weighted by Crippen LogP contribution is -2.51. The van der Waals surface area contributed by atoms with Gasteiger partial charge in [0.1, 0.15) is 11.9 Å². The first kappa shape index (κ1) is 31.7. The molecule has 3 aliphatic rings. The van der Waals surface area contributed by atoms with E-state index in [0.717, 1.165) is 17.5 Å². The molecule has 2 aromatic rings. The number of nitrogens with zero attached hydrogens (tertiary/aromatic N) is 1. The highest BCUT2D eigenvalue weighted by Gasteiger charge is 2.44. The first-order valence-electron chi connectivity index (χ1n) is 14.0. The summed E-state index contributed by atoms with van der Waals surface area (Å²) in [5.41, 5.74) is 1.60. The Balaban J connectivity index is 1.34. The van der Waals surface area contributed by atoms with Crippen molar-refractivity contribution in [2.45, 2.75) is 66.0 Å². The topological polar surface area (TPSA) is 124 Å². The summed E-state index contributed by atoms with van der Waals surface area (Å²) in [6, 6.07) is 13.3. The lowest BCUT2D eigenvalue weighted by atomic mass is 10.0. The molecule has 0 spiro atoms. The minimum atomic E-state index is -4.01. The summed E-state index contributed by atoms with van der Waals surface area (Å²) >= 11 is 6.99. The van der Waals surface area contributed by atoms with Crippen LogP contribution in [0.3, 0.4) is 0 Å². The van der Waals surface area contributed by atoms with Gasteiger partial charge in [-0.25, -0.2) is 13.2 Å². The first-order chi connectivity index (χ1) is 20.0. The zero-order valence-electron chi connectivity index (χ0n) is 23.4. The van der Waals surface area contributed by atoms with Crippen molar-refractivity contribution < 1.29 is 37.3 Å². The lowest BCUT2D eigenvalue weighted by Gasteiger charge is -2.31. The van der Waals surface area contributed by atoms with Gasteiger partial charge in [-0.15, -0.1) is 0 Å². The lowest BCUT2D eigenvalue weighted by molar-refractivity contribution is -0.0907. The normalized spacial score (nSPS) is 26.5. The number of hydrogen-bond donors (Lipinski definition) is 2. The number of sulfonamides is 1. The van der Waals surface area contributed by atoms with E-state index in [9.17, 15) is 18.3 Å². The first-order valence-corrected chi connectivity index (χ1v) is 17.3. The summed E-state index contributed by atoms with van der Waals surface area (Å²) in [4.78, 5) is 12.9. The van der Waals surface area contributed by atoms with Gasteiger partial charge in [0.25, 0.3) is 0 Å². The van der Waals surface area contributed by atoms with Crippen LogP contribution >= 0.6 is 31.9 Å². The van der Waals surface area contributed by atoms with Crippen molar-refractivity contribution in [1.29, 1.82) is 0 Å². The van der Waals surface area contributed by atoms with Crippen molar-refractivity contribution in [1.82, 2.24) is 9.62 Å². The van der Waals surface area contributed by atoms with Crippen molar-refractivity contribution in [3.63, 3.8) is 0 Å². The molecule has 2 fully saturated rings. The third kappa shape index (κ3) is 7.14. The maximum atomic E-state index is 13.9. The summed E-state index contributed by atoms with van der Waals surface area (Å²) in [5.74, 6) is 0.550. The second-order valence-corrected chi connectivity index (χ2v) is 15.1. The molecule has 5 rings (SSSR count). The van der Waals surface area contributed by atoms with E-state index in [2.05, 4.69) is 37.2 Å². The number of rotatable bonds is 11. The Hall–Kier alpha value is -1.74. The van der Waals surface area contributed by atoms with E-state index in [4.69, 9.17) is 18.9 Å². The molecule has 0 bridgehead atoms. The number of halogens is 2. The number of hydrogen-bond acceptors (Lipinski definition) is 8. The molecule has 0 saturated carbocycles. The molecular formula is C29H36Br2N2O8S. The maximum absolute atomic E-state index is 13.9. The average Bonchev–Trinajstić information content (AvgIpc) is 3.64. The van der Waals surface area contributed by atoms with Gasteiger partial charge in [0.2, 0.25) is 10.0 Å². The Kier molecular flexibility index (Phi) is 10.2.